The molecule has 0 amide bonds. The van der Waals surface area contributed by atoms with Gasteiger partial charge in [-0.25, -0.2) is 4.39 Å². The van der Waals surface area contributed by atoms with Crippen LogP contribution >= 0.6 is 0 Å². The largest absolute Gasteiger partial charge is 0.423 e. The fraction of sp³-hybridized carbons (Fsp3) is 0.714. The molecule has 0 N–H and O–H groups in total. The third-order valence-electron chi connectivity index (χ3n) is 7.97. The number of unbranched alkanes of at least 4 members (excludes halogenated alkanes) is 3. The Morgan fingerprint density at radius 2 is 1.45 bits per heavy atom. The first-order chi connectivity index (χ1) is 16.0. The molecular weight excluding hydrogens is 420 g/mol. The number of nitriles is 1. The number of carbonyl (C=O) groups excluding carboxylic acids is 1. The van der Waals surface area contributed by atoms with Crippen LogP contribution in [-0.4, -0.2) is 5.97 Å². The molecule has 33 heavy (non-hydrogen) atoms. The lowest BCUT2D eigenvalue weighted by atomic mass is 9.75. The minimum atomic E-state index is -1.27. The molecule has 0 saturated heterocycles. The fourth-order valence-electron chi connectivity index (χ4n) is 5.72. The summed E-state index contributed by atoms with van der Waals surface area (Å²) >= 11 is 0. The van der Waals surface area contributed by atoms with Gasteiger partial charge in [0, 0.05) is 0 Å². The molecule has 2 fully saturated rings. The SMILES string of the molecule is CCCCCCC1CCC(CCC2CCC(C(=O)Oc3ccc(C#N)c(F)c3F)CC2)CC1. The lowest BCUT2D eigenvalue weighted by Gasteiger charge is -2.31. The highest BCUT2D eigenvalue weighted by atomic mass is 19.2. The second kappa shape index (κ2) is 13.1. The van der Waals surface area contributed by atoms with E-state index in [2.05, 4.69) is 6.92 Å². The summed E-state index contributed by atoms with van der Waals surface area (Å²) in [4.78, 5) is 12.5. The highest BCUT2D eigenvalue weighted by Crippen LogP contribution is 2.38. The molecule has 3 rings (SSSR count). The molecule has 2 saturated carbocycles. The fourth-order valence-corrected chi connectivity index (χ4v) is 5.72. The summed E-state index contributed by atoms with van der Waals surface area (Å²) in [6, 6.07) is 3.87. The van der Waals surface area contributed by atoms with Crippen molar-refractivity contribution in [2.75, 3.05) is 0 Å². The molecule has 2 aliphatic rings. The molecule has 0 heterocycles. The third kappa shape index (κ3) is 7.52. The average Bonchev–Trinajstić information content (AvgIpc) is 2.84. The number of ether oxygens (including phenoxy) is 1. The number of benzene rings is 1. The average molecular weight is 460 g/mol. The Bertz CT molecular complexity index is 803. The summed E-state index contributed by atoms with van der Waals surface area (Å²) in [6.45, 7) is 2.27. The lowest BCUT2D eigenvalue weighted by molar-refractivity contribution is -0.140. The van der Waals surface area contributed by atoms with Crippen molar-refractivity contribution in [1.82, 2.24) is 0 Å². The Balaban J connectivity index is 1.33. The van der Waals surface area contributed by atoms with Crippen molar-refractivity contribution in [3.63, 3.8) is 0 Å². The molecule has 1 aromatic carbocycles. The minimum Gasteiger partial charge on any atom is -0.423 e. The van der Waals surface area contributed by atoms with Gasteiger partial charge in [-0.05, 0) is 55.6 Å². The summed E-state index contributed by atoms with van der Waals surface area (Å²) in [5.41, 5.74) is -0.395. The van der Waals surface area contributed by atoms with E-state index >= 15 is 0 Å². The molecule has 0 unspecified atom stereocenters. The van der Waals surface area contributed by atoms with Crippen molar-refractivity contribution in [3.05, 3.63) is 29.3 Å². The van der Waals surface area contributed by atoms with Gasteiger partial charge in [0.25, 0.3) is 0 Å². The van der Waals surface area contributed by atoms with Crippen LogP contribution in [0.3, 0.4) is 0 Å². The van der Waals surface area contributed by atoms with Gasteiger partial charge < -0.3 is 4.74 Å². The van der Waals surface area contributed by atoms with Crippen molar-refractivity contribution < 1.29 is 18.3 Å². The van der Waals surface area contributed by atoms with Crippen molar-refractivity contribution in [2.45, 2.75) is 103 Å². The van der Waals surface area contributed by atoms with Gasteiger partial charge >= 0.3 is 5.97 Å². The highest BCUT2D eigenvalue weighted by Gasteiger charge is 2.30. The molecule has 0 aromatic heterocycles. The molecule has 0 atom stereocenters. The minimum absolute atomic E-state index is 0.262. The summed E-state index contributed by atoms with van der Waals surface area (Å²) in [6.07, 6.45) is 18.5. The van der Waals surface area contributed by atoms with Gasteiger partial charge in [-0.15, -0.1) is 0 Å². The lowest BCUT2D eigenvalue weighted by Crippen LogP contribution is -2.26. The number of hydrogen-bond donors (Lipinski definition) is 0. The van der Waals surface area contributed by atoms with E-state index in [9.17, 15) is 13.6 Å². The molecule has 1 aromatic rings. The van der Waals surface area contributed by atoms with Crippen LogP contribution < -0.4 is 4.74 Å². The van der Waals surface area contributed by atoms with Crippen molar-refractivity contribution in [3.8, 4) is 11.8 Å². The standard InChI is InChI=1S/C28H39F2NO2/c1-2-3-4-5-6-20-7-9-21(10-8-20)11-12-22-13-15-23(16-14-22)28(32)33-25-18-17-24(19-31)26(29)27(25)30/h17-18,20-23H,2-16H2,1H3. The zero-order valence-corrected chi connectivity index (χ0v) is 20.1. The maximum atomic E-state index is 14.0. The zero-order chi connectivity index (χ0) is 23.6. The monoisotopic (exact) mass is 459 g/mol. The molecule has 0 spiro atoms. The van der Waals surface area contributed by atoms with Gasteiger partial charge in [-0.1, -0.05) is 77.6 Å². The Morgan fingerprint density at radius 3 is 2.03 bits per heavy atom. The van der Waals surface area contributed by atoms with E-state index < -0.39 is 28.9 Å². The molecule has 5 heteroatoms. The van der Waals surface area contributed by atoms with Crippen molar-refractivity contribution in [1.29, 1.82) is 5.26 Å². The summed E-state index contributed by atoms with van der Waals surface area (Å²) < 4.78 is 32.9. The van der Waals surface area contributed by atoms with Gasteiger partial charge in [0.15, 0.2) is 11.6 Å². The van der Waals surface area contributed by atoms with E-state index in [1.165, 1.54) is 70.6 Å². The third-order valence-corrected chi connectivity index (χ3v) is 7.97. The first kappa shape index (κ1) is 25.7. The predicted molar refractivity (Wildman–Crippen MR) is 126 cm³/mol. The van der Waals surface area contributed by atoms with Crippen LogP contribution in [-0.2, 0) is 4.79 Å². The van der Waals surface area contributed by atoms with E-state index in [0.717, 1.165) is 49.7 Å². The first-order valence-electron chi connectivity index (χ1n) is 13.1. The van der Waals surface area contributed by atoms with Gasteiger partial charge in [0.2, 0.25) is 5.82 Å². The van der Waals surface area contributed by atoms with E-state index in [0.29, 0.717) is 5.92 Å². The van der Waals surface area contributed by atoms with E-state index in [1.807, 2.05) is 0 Å². The molecule has 3 nitrogen and oxygen atoms in total. The van der Waals surface area contributed by atoms with E-state index in [1.54, 1.807) is 6.07 Å². The molecule has 2 aliphatic carbocycles. The Hall–Kier alpha value is -1.96. The Labute approximate surface area is 197 Å². The number of halogens is 2. The maximum Gasteiger partial charge on any atom is 0.314 e. The number of esters is 1. The van der Waals surface area contributed by atoms with Crippen molar-refractivity contribution >= 4 is 5.97 Å². The van der Waals surface area contributed by atoms with Crippen molar-refractivity contribution in [2.24, 2.45) is 23.7 Å². The van der Waals surface area contributed by atoms with Crippen LogP contribution in [0.1, 0.15) is 109 Å². The molecule has 0 aliphatic heterocycles. The summed E-state index contributed by atoms with van der Waals surface area (Å²) in [5, 5.41) is 8.77. The van der Waals surface area contributed by atoms with Crippen LogP contribution in [0, 0.1) is 46.6 Å². The highest BCUT2D eigenvalue weighted by molar-refractivity contribution is 5.75. The van der Waals surface area contributed by atoms with Crippen LogP contribution in [0.15, 0.2) is 12.1 Å². The topological polar surface area (TPSA) is 50.1 Å². The van der Waals surface area contributed by atoms with Crippen LogP contribution in [0.5, 0.6) is 5.75 Å². The smallest absolute Gasteiger partial charge is 0.314 e. The summed E-state index contributed by atoms with van der Waals surface area (Å²) in [7, 11) is 0. The zero-order valence-electron chi connectivity index (χ0n) is 20.1. The van der Waals surface area contributed by atoms with Crippen LogP contribution in [0.4, 0.5) is 8.78 Å². The molecular formula is C28H39F2NO2. The second-order valence-corrected chi connectivity index (χ2v) is 10.3. The molecule has 0 radical (unpaired) electrons. The van der Waals surface area contributed by atoms with Crippen LogP contribution in [0.2, 0.25) is 0 Å². The number of rotatable bonds is 10. The van der Waals surface area contributed by atoms with Gasteiger partial charge in [0.05, 0.1) is 11.5 Å². The van der Waals surface area contributed by atoms with Gasteiger partial charge in [-0.3, -0.25) is 4.79 Å². The molecule has 0 bridgehead atoms. The first-order valence-corrected chi connectivity index (χ1v) is 13.1. The van der Waals surface area contributed by atoms with E-state index in [-0.39, 0.29) is 5.92 Å². The maximum absolute atomic E-state index is 14.0. The second-order valence-electron chi connectivity index (χ2n) is 10.3. The van der Waals surface area contributed by atoms with Gasteiger partial charge in [-0.2, -0.15) is 9.65 Å². The van der Waals surface area contributed by atoms with E-state index in [4.69, 9.17) is 10.00 Å². The Morgan fingerprint density at radius 1 is 0.879 bits per heavy atom. The number of hydrogen-bond acceptors (Lipinski definition) is 3. The van der Waals surface area contributed by atoms with Crippen LogP contribution in [0.25, 0.3) is 0 Å². The quantitative estimate of drug-likeness (QED) is 0.202. The normalized spacial score (nSPS) is 25.4. The number of carbonyl (C=O) groups is 1. The predicted octanol–water partition coefficient (Wildman–Crippen LogP) is 8.11. The molecule has 182 valence electrons. The Kier molecular flexibility index (Phi) is 10.2. The van der Waals surface area contributed by atoms with Gasteiger partial charge in [0.1, 0.15) is 6.07 Å². The summed E-state index contributed by atoms with van der Waals surface area (Å²) in [5.74, 6) is -1.24. The number of nitrogens with zero attached hydrogens (tertiary/aromatic N) is 1.